The van der Waals surface area contributed by atoms with Crippen molar-refractivity contribution in [3.63, 3.8) is 0 Å². The molecule has 0 saturated carbocycles. The second kappa shape index (κ2) is 5.27. The van der Waals surface area contributed by atoms with Gasteiger partial charge in [0.15, 0.2) is 11.5 Å². The molecule has 6 heteroatoms. The third-order valence-electron chi connectivity index (χ3n) is 3.40. The number of nitrogens with zero attached hydrogens (tertiary/aromatic N) is 4. The maximum absolute atomic E-state index is 5.89. The molecule has 0 bridgehead atoms. The fraction of sp³-hybridized carbons (Fsp3) is 0.0625. The molecule has 4 rings (SSSR count). The van der Waals surface area contributed by atoms with Crippen LogP contribution in [0.2, 0.25) is 5.02 Å². The number of fused-ring (bicyclic) bond motifs is 1. The molecule has 4 aromatic rings. The van der Waals surface area contributed by atoms with Gasteiger partial charge in [0.05, 0.1) is 5.69 Å². The Morgan fingerprint density at radius 1 is 1.00 bits per heavy atom. The van der Waals surface area contributed by atoms with Crippen molar-refractivity contribution in [1.29, 1.82) is 0 Å². The van der Waals surface area contributed by atoms with Crippen molar-refractivity contribution < 1.29 is 4.42 Å². The molecule has 0 aliphatic heterocycles. The molecule has 0 aliphatic rings. The molecular weight excluding hydrogens is 300 g/mol. The minimum absolute atomic E-state index is 0.633. The summed E-state index contributed by atoms with van der Waals surface area (Å²) in [6, 6.07) is 13.5. The molecule has 0 N–H and O–H groups in total. The maximum Gasteiger partial charge on any atom is 0.199 e. The van der Waals surface area contributed by atoms with Gasteiger partial charge < -0.3 is 4.42 Å². The lowest BCUT2D eigenvalue weighted by molar-refractivity contribution is 0.544. The molecule has 0 saturated heterocycles. The number of aromatic nitrogens is 4. The van der Waals surface area contributed by atoms with Crippen LogP contribution in [0.5, 0.6) is 0 Å². The molecule has 0 unspecified atom stereocenters. The number of rotatable bonds is 3. The predicted molar refractivity (Wildman–Crippen MR) is 83.2 cm³/mol. The minimum Gasteiger partial charge on any atom is -0.440 e. The summed E-state index contributed by atoms with van der Waals surface area (Å²) in [5.74, 6) is 0.679. The molecular formula is C16H11ClN4O. The van der Waals surface area contributed by atoms with Crippen LogP contribution in [-0.4, -0.2) is 19.7 Å². The van der Waals surface area contributed by atoms with E-state index in [1.807, 2.05) is 47.0 Å². The van der Waals surface area contributed by atoms with E-state index in [0.29, 0.717) is 12.3 Å². The summed E-state index contributed by atoms with van der Waals surface area (Å²) < 4.78 is 7.66. The first-order valence-corrected chi connectivity index (χ1v) is 7.15. The second-order valence-electron chi connectivity index (χ2n) is 4.93. The van der Waals surface area contributed by atoms with Crippen molar-refractivity contribution in [1.82, 2.24) is 19.7 Å². The zero-order valence-electron chi connectivity index (χ0n) is 11.5. The van der Waals surface area contributed by atoms with Gasteiger partial charge >= 0.3 is 0 Å². The van der Waals surface area contributed by atoms with Crippen molar-refractivity contribution in [2.45, 2.75) is 6.42 Å². The summed E-state index contributed by atoms with van der Waals surface area (Å²) in [7, 11) is 0. The van der Waals surface area contributed by atoms with E-state index in [2.05, 4.69) is 15.2 Å². The molecule has 5 nitrogen and oxygen atoms in total. The Kier molecular flexibility index (Phi) is 3.12. The number of benzene rings is 2. The fourth-order valence-corrected chi connectivity index (χ4v) is 2.43. The van der Waals surface area contributed by atoms with Crippen LogP contribution < -0.4 is 0 Å². The van der Waals surface area contributed by atoms with E-state index in [-0.39, 0.29) is 0 Å². The van der Waals surface area contributed by atoms with E-state index in [1.165, 1.54) is 0 Å². The Hall–Kier alpha value is -2.66. The van der Waals surface area contributed by atoms with Crippen LogP contribution in [-0.2, 0) is 6.42 Å². The molecule has 0 spiro atoms. The molecule has 0 atom stereocenters. The largest absolute Gasteiger partial charge is 0.440 e. The lowest BCUT2D eigenvalue weighted by Gasteiger charge is -1.98. The highest BCUT2D eigenvalue weighted by Gasteiger charge is 2.08. The van der Waals surface area contributed by atoms with Crippen molar-refractivity contribution in [3.05, 3.63) is 71.6 Å². The zero-order valence-corrected chi connectivity index (χ0v) is 12.2. The number of hydrogen-bond acceptors (Lipinski definition) is 4. The molecule has 0 fully saturated rings. The quantitative estimate of drug-likeness (QED) is 0.579. The van der Waals surface area contributed by atoms with Gasteiger partial charge in [-0.15, -0.1) is 10.2 Å². The molecule has 2 aromatic heterocycles. The van der Waals surface area contributed by atoms with E-state index in [9.17, 15) is 0 Å². The third kappa shape index (κ3) is 2.46. The van der Waals surface area contributed by atoms with E-state index in [4.69, 9.17) is 16.0 Å². The molecule has 22 heavy (non-hydrogen) atoms. The average molecular weight is 311 g/mol. The first-order valence-electron chi connectivity index (χ1n) is 6.77. The summed E-state index contributed by atoms with van der Waals surface area (Å²) in [5.41, 5.74) is 3.62. The van der Waals surface area contributed by atoms with Gasteiger partial charge in [0.1, 0.15) is 18.2 Å². The van der Waals surface area contributed by atoms with Crippen LogP contribution in [0.3, 0.4) is 0 Å². The minimum atomic E-state index is 0.633. The summed E-state index contributed by atoms with van der Waals surface area (Å²) in [5, 5.41) is 8.33. The SMILES string of the molecule is Clc1ccc(Cc2nc3ccc(-n4cnnc4)cc3o2)cc1. The number of hydrogen-bond donors (Lipinski definition) is 0. The summed E-state index contributed by atoms with van der Waals surface area (Å²) >= 11 is 5.89. The second-order valence-corrected chi connectivity index (χ2v) is 5.37. The van der Waals surface area contributed by atoms with E-state index in [1.54, 1.807) is 12.7 Å². The number of halogens is 1. The van der Waals surface area contributed by atoms with Crippen LogP contribution in [0.4, 0.5) is 0 Å². The summed E-state index contributed by atoms with van der Waals surface area (Å²) in [6.07, 6.45) is 3.92. The summed E-state index contributed by atoms with van der Waals surface area (Å²) in [4.78, 5) is 4.51. The standard InChI is InChI=1S/C16H11ClN4O/c17-12-3-1-11(2-4-12)7-16-20-14-6-5-13(8-15(14)22-16)21-9-18-19-10-21/h1-6,8-10H,7H2. The van der Waals surface area contributed by atoms with Gasteiger partial charge in [-0.1, -0.05) is 23.7 Å². The van der Waals surface area contributed by atoms with E-state index < -0.39 is 0 Å². The van der Waals surface area contributed by atoms with Gasteiger partial charge in [-0.3, -0.25) is 4.57 Å². The smallest absolute Gasteiger partial charge is 0.199 e. The molecule has 2 heterocycles. The van der Waals surface area contributed by atoms with Crippen LogP contribution in [0.25, 0.3) is 16.8 Å². The zero-order chi connectivity index (χ0) is 14.9. The molecule has 0 aliphatic carbocycles. The van der Waals surface area contributed by atoms with E-state index in [0.717, 1.165) is 27.4 Å². The molecule has 0 radical (unpaired) electrons. The topological polar surface area (TPSA) is 56.7 Å². The van der Waals surface area contributed by atoms with Crippen LogP contribution in [0, 0.1) is 0 Å². The third-order valence-corrected chi connectivity index (χ3v) is 3.65. The maximum atomic E-state index is 5.89. The lowest BCUT2D eigenvalue weighted by atomic mass is 10.1. The molecule has 0 amide bonds. The Bertz CT molecular complexity index is 913. The van der Waals surface area contributed by atoms with Gasteiger partial charge in [0, 0.05) is 17.5 Å². The highest BCUT2D eigenvalue weighted by Crippen LogP contribution is 2.21. The lowest BCUT2D eigenvalue weighted by Crippen LogP contribution is -1.88. The fourth-order valence-electron chi connectivity index (χ4n) is 2.31. The summed E-state index contributed by atoms with van der Waals surface area (Å²) in [6.45, 7) is 0. The average Bonchev–Trinajstić information content (AvgIpc) is 3.17. The van der Waals surface area contributed by atoms with Gasteiger partial charge in [-0.05, 0) is 29.8 Å². The predicted octanol–water partition coefficient (Wildman–Crippen LogP) is 3.65. The molecule has 108 valence electrons. The first-order chi connectivity index (χ1) is 10.8. The Balaban J connectivity index is 1.67. The van der Waals surface area contributed by atoms with Gasteiger partial charge in [-0.25, -0.2) is 4.98 Å². The van der Waals surface area contributed by atoms with Crippen molar-refractivity contribution >= 4 is 22.7 Å². The highest BCUT2D eigenvalue weighted by atomic mass is 35.5. The van der Waals surface area contributed by atoms with Gasteiger partial charge in [0.25, 0.3) is 0 Å². The van der Waals surface area contributed by atoms with Gasteiger partial charge in [-0.2, -0.15) is 0 Å². The van der Waals surface area contributed by atoms with Gasteiger partial charge in [0.2, 0.25) is 0 Å². The van der Waals surface area contributed by atoms with Crippen LogP contribution in [0.1, 0.15) is 11.5 Å². The first kappa shape index (κ1) is 13.0. The monoisotopic (exact) mass is 310 g/mol. The van der Waals surface area contributed by atoms with Crippen molar-refractivity contribution in [2.75, 3.05) is 0 Å². The normalized spacial score (nSPS) is 11.1. The Morgan fingerprint density at radius 3 is 2.55 bits per heavy atom. The number of oxazole rings is 1. The highest BCUT2D eigenvalue weighted by molar-refractivity contribution is 6.30. The van der Waals surface area contributed by atoms with Crippen LogP contribution in [0.15, 0.2) is 59.5 Å². The van der Waals surface area contributed by atoms with Crippen molar-refractivity contribution in [2.24, 2.45) is 0 Å². The van der Waals surface area contributed by atoms with E-state index >= 15 is 0 Å². The molecule has 2 aromatic carbocycles. The Morgan fingerprint density at radius 2 is 1.77 bits per heavy atom. The van der Waals surface area contributed by atoms with Crippen LogP contribution >= 0.6 is 11.6 Å². The Labute approximate surface area is 131 Å². The van der Waals surface area contributed by atoms with Crippen molar-refractivity contribution in [3.8, 4) is 5.69 Å².